The Morgan fingerprint density at radius 2 is 1.88 bits per heavy atom. The van der Waals surface area contributed by atoms with Crippen molar-refractivity contribution in [3.63, 3.8) is 0 Å². The molecule has 7 nitrogen and oxygen atoms in total. The number of hydrogen-bond donors (Lipinski definition) is 4. The Labute approximate surface area is 146 Å². The molecule has 0 aromatic heterocycles. The van der Waals surface area contributed by atoms with Crippen molar-refractivity contribution in [2.75, 3.05) is 18.9 Å². The van der Waals surface area contributed by atoms with Crippen molar-refractivity contribution >= 4 is 35.1 Å². The molecule has 0 radical (unpaired) electrons. The average molecular weight is 355 g/mol. The van der Waals surface area contributed by atoms with E-state index in [0.29, 0.717) is 11.3 Å². The highest BCUT2D eigenvalue weighted by atomic mass is 35.5. The van der Waals surface area contributed by atoms with E-state index < -0.39 is 11.9 Å². The third kappa shape index (κ3) is 6.08. The molecule has 0 aliphatic rings. The molecular formula is C16H23ClN4O3. The third-order valence-electron chi connectivity index (χ3n) is 3.48. The van der Waals surface area contributed by atoms with Gasteiger partial charge in [0.15, 0.2) is 0 Å². The number of anilines is 1. The summed E-state index contributed by atoms with van der Waals surface area (Å²) < 4.78 is 0. The zero-order valence-electron chi connectivity index (χ0n) is 14.2. The molecule has 0 atom stereocenters. The maximum atomic E-state index is 12.2. The first-order valence-corrected chi connectivity index (χ1v) is 7.94. The molecular weight excluding hydrogens is 332 g/mol. The van der Waals surface area contributed by atoms with Crippen LogP contribution < -0.4 is 21.3 Å². The average Bonchev–Trinajstić information content (AvgIpc) is 2.52. The molecule has 1 rings (SSSR count). The van der Waals surface area contributed by atoms with E-state index in [9.17, 15) is 14.4 Å². The SMILES string of the molecule is CCC(C)(C)NC(=O)c1ccc(NCC(=O)NC(=O)NC)cc1Cl. The van der Waals surface area contributed by atoms with Crippen LogP contribution in [0.1, 0.15) is 37.6 Å². The van der Waals surface area contributed by atoms with E-state index in [2.05, 4.69) is 21.3 Å². The third-order valence-corrected chi connectivity index (χ3v) is 3.80. The van der Waals surface area contributed by atoms with Crippen molar-refractivity contribution in [3.8, 4) is 0 Å². The molecule has 0 saturated heterocycles. The Hall–Kier alpha value is -2.28. The second kappa shape index (κ2) is 8.54. The largest absolute Gasteiger partial charge is 0.376 e. The zero-order chi connectivity index (χ0) is 18.3. The normalized spacial score (nSPS) is 10.7. The molecule has 0 bridgehead atoms. The summed E-state index contributed by atoms with van der Waals surface area (Å²) in [7, 11) is 1.42. The van der Waals surface area contributed by atoms with Gasteiger partial charge in [-0.3, -0.25) is 14.9 Å². The van der Waals surface area contributed by atoms with Gasteiger partial charge in [0.25, 0.3) is 5.91 Å². The quantitative estimate of drug-likeness (QED) is 0.628. The van der Waals surface area contributed by atoms with Crippen molar-refractivity contribution in [2.24, 2.45) is 0 Å². The van der Waals surface area contributed by atoms with Crippen molar-refractivity contribution in [3.05, 3.63) is 28.8 Å². The van der Waals surface area contributed by atoms with E-state index in [-0.39, 0.29) is 23.0 Å². The van der Waals surface area contributed by atoms with E-state index >= 15 is 0 Å². The lowest BCUT2D eigenvalue weighted by atomic mass is 10.0. The minimum Gasteiger partial charge on any atom is -0.376 e. The van der Waals surface area contributed by atoms with Gasteiger partial charge in [-0.1, -0.05) is 18.5 Å². The van der Waals surface area contributed by atoms with Gasteiger partial charge in [-0.05, 0) is 38.5 Å². The van der Waals surface area contributed by atoms with Gasteiger partial charge < -0.3 is 16.0 Å². The summed E-state index contributed by atoms with van der Waals surface area (Å²) in [6.07, 6.45) is 0.788. The molecule has 0 heterocycles. The van der Waals surface area contributed by atoms with Crippen LogP contribution in [-0.4, -0.2) is 37.0 Å². The van der Waals surface area contributed by atoms with Gasteiger partial charge in [0.2, 0.25) is 5.91 Å². The molecule has 0 aliphatic carbocycles. The van der Waals surface area contributed by atoms with Gasteiger partial charge in [-0.25, -0.2) is 4.79 Å². The van der Waals surface area contributed by atoms with Crippen LogP contribution in [0.2, 0.25) is 5.02 Å². The van der Waals surface area contributed by atoms with Gasteiger partial charge in [0.1, 0.15) is 0 Å². The van der Waals surface area contributed by atoms with Gasteiger partial charge in [-0.15, -0.1) is 0 Å². The van der Waals surface area contributed by atoms with Gasteiger partial charge in [0, 0.05) is 18.3 Å². The predicted molar refractivity (Wildman–Crippen MR) is 94.4 cm³/mol. The van der Waals surface area contributed by atoms with Crippen molar-refractivity contribution < 1.29 is 14.4 Å². The first kappa shape index (κ1) is 19.8. The van der Waals surface area contributed by atoms with Crippen molar-refractivity contribution in [1.82, 2.24) is 16.0 Å². The zero-order valence-corrected chi connectivity index (χ0v) is 15.0. The molecule has 0 spiro atoms. The number of urea groups is 1. The summed E-state index contributed by atoms with van der Waals surface area (Å²) in [6.45, 7) is 5.75. The van der Waals surface area contributed by atoms with Crippen LogP contribution in [0.15, 0.2) is 18.2 Å². The molecule has 24 heavy (non-hydrogen) atoms. The Bertz CT molecular complexity index is 632. The highest BCUT2D eigenvalue weighted by molar-refractivity contribution is 6.34. The minimum absolute atomic E-state index is 0.0990. The van der Waals surface area contributed by atoms with E-state index in [1.807, 2.05) is 20.8 Å². The lowest BCUT2D eigenvalue weighted by Crippen LogP contribution is -2.42. The van der Waals surface area contributed by atoms with E-state index in [4.69, 9.17) is 11.6 Å². The Morgan fingerprint density at radius 1 is 1.21 bits per heavy atom. The number of amides is 4. The fourth-order valence-electron chi connectivity index (χ4n) is 1.69. The number of hydrogen-bond acceptors (Lipinski definition) is 4. The topological polar surface area (TPSA) is 99.3 Å². The Balaban J connectivity index is 2.69. The fourth-order valence-corrected chi connectivity index (χ4v) is 1.95. The molecule has 0 aliphatic heterocycles. The van der Waals surface area contributed by atoms with E-state index in [1.54, 1.807) is 18.2 Å². The molecule has 4 amide bonds. The molecule has 0 fully saturated rings. The molecule has 1 aromatic rings. The number of nitrogens with one attached hydrogen (secondary N) is 4. The standard InChI is InChI=1S/C16H23ClN4O3/c1-5-16(2,3)21-14(23)11-7-6-10(8-12(11)17)19-9-13(22)20-15(24)18-4/h6-8,19H,5,9H2,1-4H3,(H,21,23)(H2,18,20,22,24). The highest BCUT2D eigenvalue weighted by Gasteiger charge is 2.20. The monoisotopic (exact) mass is 354 g/mol. The number of carbonyl (C=O) groups is 3. The second-order valence-electron chi connectivity index (χ2n) is 5.87. The smallest absolute Gasteiger partial charge is 0.321 e. The first-order chi connectivity index (χ1) is 11.2. The van der Waals surface area contributed by atoms with E-state index in [1.165, 1.54) is 7.05 Å². The number of halogens is 1. The van der Waals surface area contributed by atoms with Gasteiger partial charge in [0.05, 0.1) is 17.1 Å². The molecule has 4 N–H and O–H groups in total. The van der Waals surface area contributed by atoms with Crippen LogP contribution in [-0.2, 0) is 4.79 Å². The van der Waals surface area contributed by atoms with Gasteiger partial charge in [-0.2, -0.15) is 0 Å². The summed E-state index contributed by atoms with van der Waals surface area (Å²) >= 11 is 6.15. The number of imide groups is 1. The fraction of sp³-hybridized carbons (Fsp3) is 0.438. The van der Waals surface area contributed by atoms with Crippen LogP contribution in [0.5, 0.6) is 0 Å². The molecule has 0 saturated carbocycles. The molecule has 1 aromatic carbocycles. The molecule has 0 unspecified atom stereocenters. The lowest BCUT2D eigenvalue weighted by molar-refractivity contribution is -0.118. The van der Waals surface area contributed by atoms with Crippen molar-refractivity contribution in [1.29, 1.82) is 0 Å². The lowest BCUT2D eigenvalue weighted by Gasteiger charge is -2.24. The van der Waals surface area contributed by atoms with Crippen LogP contribution >= 0.6 is 11.6 Å². The highest BCUT2D eigenvalue weighted by Crippen LogP contribution is 2.22. The van der Waals surface area contributed by atoms with Crippen LogP contribution in [0, 0.1) is 0 Å². The predicted octanol–water partition coefficient (Wildman–Crippen LogP) is 2.13. The van der Waals surface area contributed by atoms with Crippen LogP contribution in [0.4, 0.5) is 10.5 Å². The summed E-state index contributed by atoms with van der Waals surface area (Å²) in [5.41, 5.74) is 0.604. The minimum atomic E-state index is -0.578. The molecule has 8 heteroatoms. The number of rotatable bonds is 6. The number of benzene rings is 1. The maximum absolute atomic E-state index is 12.2. The summed E-state index contributed by atoms with van der Waals surface area (Å²) in [5, 5.41) is 10.4. The Kier molecular flexibility index (Phi) is 7.03. The van der Waals surface area contributed by atoms with Gasteiger partial charge >= 0.3 is 6.03 Å². The summed E-state index contributed by atoms with van der Waals surface area (Å²) in [4.78, 5) is 34.8. The summed E-state index contributed by atoms with van der Waals surface area (Å²) in [5.74, 6) is -0.743. The van der Waals surface area contributed by atoms with E-state index in [0.717, 1.165) is 6.42 Å². The molecule has 132 valence electrons. The second-order valence-corrected chi connectivity index (χ2v) is 6.27. The summed E-state index contributed by atoms with van der Waals surface area (Å²) in [6, 6.07) is 4.21. The number of carbonyl (C=O) groups excluding carboxylic acids is 3. The first-order valence-electron chi connectivity index (χ1n) is 7.56. The maximum Gasteiger partial charge on any atom is 0.321 e. The van der Waals surface area contributed by atoms with Crippen molar-refractivity contribution in [2.45, 2.75) is 32.7 Å². The van der Waals surface area contributed by atoms with Crippen LogP contribution in [0.3, 0.4) is 0 Å². The Morgan fingerprint density at radius 3 is 2.42 bits per heavy atom. The van der Waals surface area contributed by atoms with Crippen LogP contribution in [0.25, 0.3) is 0 Å².